The average Bonchev–Trinajstić information content (AvgIpc) is 2.97. The van der Waals surface area contributed by atoms with Gasteiger partial charge in [0.1, 0.15) is 5.75 Å². The van der Waals surface area contributed by atoms with E-state index in [9.17, 15) is 28.4 Å². The van der Waals surface area contributed by atoms with Crippen molar-refractivity contribution in [2.24, 2.45) is 4.99 Å². The molecule has 0 radical (unpaired) electrons. The Labute approximate surface area is 137 Å². The van der Waals surface area contributed by atoms with E-state index in [-0.39, 0.29) is 33.7 Å². The number of aliphatic imine (C=N–C) groups is 1. The molecule has 0 spiro atoms. The second-order valence-electron chi connectivity index (χ2n) is 5.04. The smallest absolute Gasteiger partial charge is 0.449 e. The van der Waals surface area contributed by atoms with Crippen LogP contribution in [0.5, 0.6) is 5.75 Å². The molecule has 0 unspecified atom stereocenters. The first-order valence-electron chi connectivity index (χ1n) is 6.82. The lowest BCUT2D eigenvalue weighted by Gasteiger charge is -1.99. The highest BCUT2D eigenvalue weighted by molar-refractivity contribution is 5.87. The Balaban J connectivity index is 1.94. The average molecular weight is 350 g/mol. The maximum absolute atomic E-state index is 12.6. The Kier molecular flexibility index (Phi) is 3.87. The van der Waals surface area contributed by atoms with E-state index in [0.717, 1.165) is 18.2 Å². The van der Waals surface area contributed by atoms with Crippen molar-refractivity contribution >= 4 is 28.6 Å². The number of H-pyrrole nitrogens is 1. The number of phenols is 1. The highest BCUT2D eigenvalue weighted by Crippen LogP contribution is 2.30. The normalized spacial score (nSPS) is 12.1. The van der Waals surface area contributed by atoms with Gasteiger partial charge in [-0.3, -0.25) is 15.1 Å². The molecular weight excluding hydrogens is 341 g/mol. The van der Waals surface area contributed by atoms with Crippen molar-refractivity contribution in [2.45, 2.75) is 6.18 Å². The summed E-state index contributed by atoms with van der Waals surface area (Å²) in [5.74, 6) is -1.32. The Hall–Kier alpha value is -3.43. The number of aromatic amines is 1. The number of phenolic OH excluding ortho intramolecular Hbond substituents is 1. The molecule has 25 heavy (non-hydrogen) atoms. The monoisotopic (exact) mass is 350 g/mol. The highest BCUT2D eigenvalue weighted by Gasteiger charge is 2.34. The lowest BCUT2D eigenvalue weighted by Crippen LogP contribution is -2.06. The number of aromatic nitrogens is 2. The van der Waals surface area contributed by atoms with Crippen LogP contribution in [0.4, 0.5) is 24.5 Å². The number of fused-ring (bicyclic) bond motifs is 1. The molecule has 0 aliphatic rings. The van der Waals surface area contributed by atoms with E-state index in [1.165, 1.54) is 24.4 Å². The van der Waals surface area contributed by atoms with Crippen LogP contribution < -0.4 is 0 Å². The number of non-ortho nitro benzene ring substituents is 1. The number of imidazole rings is 1. The van der Waals surface area contributed by atoms with Crippen LogP contribution in [0.1, 0.15) is 11.4 Å². The number of hydrogen-bond acceptors (Lipinski definition) is 5. The second kappa shape index (κ2) is 5.89. The van der Waals surface area contributed by atoms with Crippen LogP contribution in [0.25, 0.3) is 11.0 Å². The fourth-order valence-electron chi connectivity index (χ4n) is 2.12. The molecule has 3 rings (SSSR count). The quantitative estimate of drug-likeness (QED) is 0.424. The number of hydrogen-bond donors (Lipinski definition) is 2. The van der Waals surface area contributed by atoms with Gasteiger partial charge in [-0.2, -0.15) is 13.2 Å². The van der Waals surface area contributed by atoms with Gasteiger partial charge in [-0.05, 0) is 24.3 Å². The molecular formula is C15H9F3N4O3. The van der Waals surface area contributed by atoms with E-state index < -0.39 is 16.9 Å². The standard InChI is InChI=1S/C15H9F3N4O3/c16-15(17,18)14-20-11-3-1-9(6-12(11)21-14)19-7-8-5-10(22(24)25)2-4-13(8)23/h1-7,23H,(H,20,21). The Morgan fingerprint density at radius 2 is 2.00 bits per heavy atom. The molecule has 2 aromatic carbocycles. The van der Waals surface area contributed by atoms with Crippen molar-refractivity contribution in [2.75, 3.05) is 0 Å². The Morgan fingerprint density at radius 1 is 1.24 bits per heavy atom. The third-order valence-corrected chi connectivity index (χ3v) is 3.31. The molecule has 0 saturated heterocycles. The number of halogens is 3. The molecule has 3 aromatic rings. The molecule has 7 nitrogen and oxygen atoms in total. The zero-order valence-electron chi connectivity index (χ0n) is 12.3. The van der Waals surface area contributed by atoms with Gasteiger partial charge in [0.25, 0.3) is 5.69 Å². The van der Waals surface area contributed by atoms with Crippen molar-refractivity contribution < 1.29 is 23.2 Å². The molecule has 0 saturated carbocycles. The summed E-state index contributed by atoms with van der Waals surface area (Å²) < 4.78 is 37.9. The molecule has 0 amide bonds. The van der Waals surface area contributed by atoms with Crippen LogP contribution in [0, 0.1) is 10.1 Å². The van der Waals surface area contributed by atoms with Gasteiger partial charge in [-0.15, -0.1) is 0 Å². The van der Waals surface area contributed by atoms with E-state index in [4.69, 9.17) is 0 Å². The van der Waals surface area contributed by atoms with Crippen molar-refractivity contribution in [1.29, 1.82) is 0 Å². The molecule has 0 aliphatic heterocycles. The summed E-state index contributed by atoms with van der Waals surface area (Å²) >= 11 is 0. The first-order valence-corrected chi connectivity index (χ1v) is 6.82. The predicted molar refractivity (Wildman–Crippen MR) is 83.1 cm³/mol. The van der Waals surface area contributed by atoms with Crippen molar-refractivity contribution in [1.82, 2.24) is 9.97 Å². The molecule has 0 atom stereocenters. The maximum atomic E-state index is 12.6. The van der Waals surface area contributed by atoms with Gasteiger partial charge in [0.2, 0.25) is 5.82 Å². The number of rotatable bonds is 3. The van der Waals surface area contributed by atoms with Gasteiger partial charge >= 0.3 is 6.18 Å². The number of benzene rings is 2. The number of nitro benzene ring substituents is 1. The third kappa shape index (κ3) is 3.42. The first kappa shape index (κ1) is 16.4. The number of nitro groups is 1. The lowest BCUT2D eigenvalue weighted by molar-refractivity contribution is -0.384. The zero-order chi connectivity index (χ0) is 18.2. The van der Waals surface area contributed by atoms with Crippen molar-refractivity contribution in [3.63, 3.8) is 0 Å². The fraction of sp³-hybridized carbons (Fsp3) is 0.0667. The summed E-state index contributed by atoms with van der Waals surface area (Å²) in [6.07, 6.45) is -3.40. The van der Waals surface area contributed by atoms with Crippen LogP contribution in [0.3, 0.4) is 0 Å². The summed E-state index contributed by atoms with van der Waals surface area (Å²) in [6, 6.07) is 7.59. The van der Waals surface area contributed by atoms with Gasteiger partial charge in [0, 0.05) is 23.9 Å². The molecule has 128 valence electrons. The summed E-state index contributed by atoms with van der Waals surface area (Å²) in [7, 11) is 0. The van der Waals surface area contributed by atoms with Gasteiger partial charge in [-0.25, -0.2) is 4.98 Å². The van der Waals surface area contributed by atoms with E-state index in [0.29, 0.717) is 0 Å². The van der Waals surface area contributed by atoms with E-state index in [1.54, 1.807) is 0 Å². The number of alkyl halides is 3. The molecule has 10 heteroatoms. The highest BCUT2D eigenvalue weighted by atomic mass is 19.4. The van der Waals surface area contributed by atoms with Crippen LogP contribution in [-0.4, -0.2) is 26.2 Å². The number of nitrogens with one attached hydrogen (secondary N) is 1. The summed E-state index contributed by atoms with van der Waals surface area (Å²) in [6.45, 7) is 0. The van der Waals surface area contributed by atoms with Gasteiger partial charge < -0.3 is 10.1 Å². The van der Waals surface area contributed by atoms with Crippen LogP contribution >= 0.6 is 0 Å². The first-order chi connectivity index (χ1) is 11.7. The van der Waals surface area contributed by atoms with Crippen LogP contribution in [-0.2, 0) is 6.18 Å². The largest absolute Gasteiger partial charge is 0.507 e. The van der Waals surface area contributed by atoms with Crippen molar-refractivity contribution in [3.8, 4) is 5.75 Å². The maximum Gasteiger partial charge on any atom is 0.449 e. The Bertz CT molecular complexity index is 995. The molecule has 1 heterocycles. The third-order valence-electron chi connectivity index (χ3n) is 3.31. The minimum atomic E-state index is -4.59. The van der Waals surface area contributed by atoms with E-state index in [2.05, 4.69) is 15.0 Å². The molecule has 0 fully saturated rings. The topological polar surface area (TPSA) is 104 Å². The zero-order valence-corrected chi connectivity index (χ0v) is 12.3. The number of nitrogens with zero attached hydrogens (tertiary/aromatic N) is 3. The van der Waals surface area contributed by atoms with Crippen LogP contribution in [0.2, 0.25) is 0 Å². The van der Waals surface area contributed by atoms with Crippen LogP contribution in [0.15, 0.2) is 41.4 Å². The summed E-state index contributed by atoms with van der Waals surface area (Å²) in [5.41, 5.74) is 0.443. The summed E-state index contributed by atoms with van der Waals surface area (Å²) in [4.78, 5) is 19.8. The SMILES string of the molecule is O=[N+]([O-])c1ccc(O)c(C=Nc2ccc3nc(C(F)(F)F)[nH]c3c2)c1. The minimum absolute atomic E-state index is 0.106. The summed E-state index contributed by atoms with van der Waals surface area (Å²) in [5, 5.41) is 20.4. The van der Waals surface area contributed by atoms with E-state index in [1.807, 2.05) is 0 Å². The lowest BCUT2D eigenvalue weighted by atomic mass is 10.2. The molecule has 2 N–H and O–H groups in total. The number of aromatic hydroxyl groups is 1. The predicted octanol–water partition coefficient (Wildman–Crippen LogP) is 3.95. The van der Waals surface area contributed by atoms with E-state index >= 15 is 0 Å². The van der Waals surface area contributed by atoms with Gasteiger partial charge in [-0.1, -0.05) is 0 Å². The fourth-order valence-corrected chi connectivity index (χ4v) is 2.12. The molecule has 0 bridgehead atoms. The molecule has 0 aliphatic carbocycles. The van der Waals surface area contributed by atoms with Gasteiger partial charge in [0.15, 0.2) is 0 Å². The molecule has 1 aromatic heterocycles. The Morgan fingerprint density at radius 3 is 2.68 bits per heavy atom. The second-order valence-corrected chi connectivity index (χ2v) is 5.04. The minimum Gasteiger partial charge on any atom is -0.507 e. The van der Waals surface area contributed by atoms with Gasteiger partial charge in [0.05, 0.1) is 21.6 Å². The van der Waals surface area contributed by atoms with Crippen molar-refractivity contribution in [3.05, 3.63) is 57.9 Å².